The Morgan fingerprint density at radius 1 is 1.26 bits per heavy atom. The lowest BCUT2D eigenvalue weighted by Gasteiger charge is -2.18. The van der Waals surface area contributed by atoms with E-state index in [4.69, 9.17) is 5.11 Å². The van der Waals surface area contributed by atoms with Gasteiger partial charge in [0.05, 0.1) is 13.0 Å². The van der Waals surface area contributed by atoms with Crippen molar-refractivity contribution in [2.75, 3.05) is 6.61 Å². The molecule has 1 unspecified atom stereocenters. The summed E-state index contributed by atoms with van der Waals surface area (Å²) in [5, 5.41) is 12.7. The Balaban J connectivity index is 2.03. The van der Waals surface area contributed by atoms with Gasteiger partial charge in [-0.25, -0.2) is 0 Å². The minimum atomic E-state index is -4.28. The van der Waals surface area contributed by atoms with Crippen LogP contribution in [0.15, 0.2) is 30.5 Å². The Hall–Kier alpha value is -1.53. The van der Waals surface area contributed by atoms with Crippen molar-refractivity contribution in [1.29, 1.82) is 0 Å². The van der Waals surface area contributed by atoms with Crippen molar-refractivity contribution in [3.63, 3.8) is 0 Å². The zero-order valence-corrected chi connectivity index (χ0v) is 10.2. The van der Waals surface area contributed by atoms with E-state index >= 15 is 0 Å². The lowest BCUT2D eigenvalue weighted by molar-refractivity contribution is -0.142. The standard InChI is InChI=1S/C13H15F3N2O/c14-13(15,16)6-10(8-19)18-7-9-2-1-3-12-11(9)4-5-17-12/h1-5,10,17-19H,6-8H2. The molecule has 0 aliphatic carbocycles. The van der Waals surface area contributed by atoms with Gasteiger partial charge in [-0.1, -0.05) is 12.1 Å². The fourth-order valence-electron chi connectivity index (χ4n) is 2.04. The fraction of sp³-hybridized carbons (Fsp3) is 0.385. The predicted octanol–water partition coefficient (Wildman–Crippen LogP) is 2.57. The third-order valence-corrected chi connectivity index (χ3v) is 2.96. The molecule has 1 aromatic carbocycles. The molecule has 0 radical (unpaired) electrons. The average molecular weight is 272 g/mol. The molecule has 0 saturated carbocycles. The van der Waals surface area contributed by atoms with E-state index in [9.17, 15) is 13.2 Å². The number of nitrogens with one attached hydrogen (secondary N) is 2. The highest BCUT2D eigenvalue weighted by atomic mass is 19.4. The molecule has 1 atom stereocenters. The molecule has 0 aliphatic rings. The maximum Gasteiger partial charge on any atom is 0.390 e. The molecule has 0 amide bonds. The van der Waals surface area contributed by atoms with Crippen molar-refractivity contribution in [2.24, 2.45) is 0 Å². The number of hydrogen-bond donors (Lipinski definition) is 3. The molecule has 104 valence electrons. The second-order valence-electron chi connectivity index (χ2n) is 4.44. The van der Waals surface area contributed by atoms with Gasteiger partial charge in [-0.2, -0.15) is 13.2 Å². The lowest BCUT2D eigenvalue weighted by Crippen LogP contribution is -2.36. The van der Waals surface area contributed by atoms with Gasteiger partial charge in [0.1, 0.15) is 0 Å². The van der Waals surface area contributed by atoms with Gasteiger partial charge in [0.15, 0.2) is 0 Å². The van der Waals surface area contributed by atoms with E-state index in [-0.39, 0.29) is 6.54 Å². The van der Waals surface area contributed by atoms with Gasteiger partial charge < -0.3 is 15.4 Å². The summed E-state index contributed by atoms with van der Waals surface area (Å²) in [4.78, 5) is 3.04. The lowest BCUT2D eigenvalue weighted by atomic mass is 10.1. The molecule has 0 saturated heterocycles. The molecule has 0 aliphatic heterocycles. The Kier molecular flexibility index (Phi) is 4.11. The van der Waals surface area contributed by atoms with Gasteiger partial charge in [-0.3, -0.25) is 0 Å². The predicted molar refractivity (Wildman–Crippen MR) is 66.7 cm³/mol. The molecule has 3 nitrogen and oxygen atoms in total. The molecule has 6 heteroatoms. The van der Waals surface area contributed by atoms with E-state index in [2.05, 4.69) is 10.3 Å². The zero-order valence-electron chi connectivity index (χ0n) is 10.2. The first-order valence-electron chi connectivity index (χ1n) is 5.95. The monoisotopic (exact) mass is 272 g/mol. The van der Waals surface area contributed by atoms with E-state index in [1.807, 2.05) is 24.3 Å². The molecule has 19 heavy (non-hydrogen) atoms. The van der Waals surface area contributed by atoms with Crippen LogP contribution in [0.1, 0.15) is 12.0 Å². The summed E-state index contributed by atoms with van der Waals surface area (Å²) in [5.41, 5.74) is 1.84. The van der Waals surface area contributed by atoms with E-state index < -0.39 is 25.2 Å². The van der Waals surface area contributed by atoms with Gasteiger partial charge >= 0.3 is 6.18 Å². The fourth-order valence-corrected chi connectivity index (χ4v) is 2.04. The molecule has 0 spiro atoms. The Morgan fingerprint density at radius 2 is 2.05 bits per heavy atom. The van der Waals surface area contributed by atoms with Gasteiger partial charge in [0.2, 0.25) is 0 Å². The number of H-pyrrole nitrogens is 1. The number of aliphatic hydroxyl groups excluding tert-OH is 1. The molecule has 1 aromatic heterocycles. The van der Waals surface area contributed by atoms with Gasteiger partial charge in [-0.05, 0) is 17.7 Å². The quantitative estimate of drug-likeness (QED) is 0.783. The topological polar surface area (TPSA) is 48.0 Å². The summed E-state index contributed by atoms with van der Waals surface area (Å²) in [7, 11) is 0. The van der Waals surface area contributed by atoms with Crippen LogP contribution in [0.25, 0.3) is 10.9 Å². The van der Waals surface area contributed by atoms with Crippen LogP contribution in [0.2, 0.25) is 0 Å². The van der Waals surface area contributed by atoms with Crippen LogP contribution in [-0.4, -0.2) is 28.9 Å². The molecule has 2 aromatic rings. The first kappa shape index (κ1) is 13.9. The smallest absolute Gasteiger partial charge is 0.390 e. The van der Waals surface area contributed by atoms with E-state index in [1.54, 1.807) is 6.20 Å². The summed E-state index contributed by atoms with van der Waals surface area (Å²) in [5.74, 6) is 0. The second kappa shape index (κ2) is 5.63. The SMILES string of the molecule is OCC(CC(F)(F)F)NCc1cccc2[nH]ccc12. The van der Waals surface area contributed by atoms with Crippen molar-refractivity contribution in [2.45, 2.75) is 25.2 Å². The summed E-state index contributed by atoms with van der Waals surface area (Å²) < 4.78 is 36.8. The number of hydrogen-bond acceptors (Lipinski definition) is 2. The largest absolute Gasteiger partial charge is 0.395 e. The molecule has 2 rings (SSSR count). The highest BCUT2D eigenvalue weighted by molar-refractivity contribution is 5.82. The number of aliphatic hydroxyl groups is 1. The van der Waals surface area contributed by atoms with Crippen LogP contribution in [0.3, 0.4) is 0 Å². The minimum absolute atomic E-state index is 0.288. The molecule has 0 fully saturated rings. The maximum atomic E-state index is 12.3. The van der Waals surface area contributed by atoms with Crippen molar-refractivity contribution in [3.05, 3.63) is 36.0 Å². The number of fused-ring (bicyclic) bond motifs is 1. The Labute approximate surface area is 108 Å². The summed E-state index contributed by atoms with van der Waals surface area (Å²) in [6.45, 7) is -0.251. The van der Waals surface area contributed by atoms with E-state index in [1.165, 1.54) is 0 Å². The van der Waals surface area contributed by atoms with Crippen LogP contribution in [0.5, 0.6) is 0 Å². The maximum absolute atomic E-state index is 12.3. The number of aromatic amines is 1. The Bertz CT molecular complexity index is 536. The molecule has 0 bridgehead atoms. The van der Waals surface area contributed by atoms with E-state index in [0.29, 0.717) is 0 Å². The van der Waals surface area contributed by atoms with Crippen molar-refractivity contribution < 1.29 is 18.3 Å². The van der Waals surface area contributed by atoms with Gasteiger partial charge in [-0.15, -0.1) is 0 Å². The molecular formula is C13H15F3N2O. The summed E-state index contributed by atoms with van der Waals surface area (Å²) in [6, 6.07) is 6.50. The number of halogens is 3. The van der Waals surface area contributed by atoms with Crippen molar-refractivity contribution >= 4 is 10.9 Å². The van der Waals surface area contributed by atoms with Crippen LogP contribution in [-0.2, 0) is 6.54 Å². The first-order chi connectivity index (χ1) is 8.99. The van der Waals surface area contributed by atoms with E-state index in [0.717, 1.165) is 16.5 Å². The normalized spacial score (nSPS) is 13.9. The third kappa shape index (κ3) is 3.71. The zero-order chi connectivity index (χ0) is 13.9. The highest BCUT2D eigenvalue weighted by Crippen LogP contribution is 2.22. The van der Waals surface area contributed by atoms with Crippen LogP contribution >= 0.6 is 0 Å². The number of benzene rings is 1. The average Bonchev–Trinajstić information content (AvgIpc) is 2.81. The summed E-state index contributed by atoms with van der Waals surface area (Å²) >= 11 is 0. The van der Waals surface area contributed by atoms with Gasteiger partial charge in [0.25, 0.3) is 0 Å². The second-order valence-corrected chi connectivity index (χ2v) is 4.44. The van der Waals surface area contributed by atoms with Gasteiger partial charge in [0, 0.05) is 29.7 Å². The Morgan fingerprint density at radius 3 is 2.74 bits per heavy atom. The molecular weight excluding hydrogens is 257 g/mol. The van der Waals surface area contributed by atoms with Crippen LogP contribution < -0.4 is 5.32 Å². The van der Waals surface area contributed by atoms with Crippen LogP contribution in [0.4, 0.5) is 13.2 Å². The number of alkyl halides is 3. The first-order valence-corrected chi connectivity index (χ1v) is 5.95. The number of rotatable bonds is 5. The molecule has 3 N–H and O–H groups in total. The number of aromatic nitrogens is 1. The minimum Gasteiger partial charge on any atom is -0.395 e. The molecule has 1 heterocycles. The van der Waals surface area contributed by atoms with Crippen molar-refractivity contribution in [1.82, 2.24) is 10.3 Å². The van der Waals surface area contributed by atoms with Crippen molar-refractivity contribution in [3.8, 4) is 0 Å². The summed E-state index contributed by atoms with van der Waals surface area (Å²) in [6.07, 6.45) is -3.53. The third-order valence-electron chi connectivity index (χ3n) is 2.96. The highest BCUT2D eigenvalue weighted by Gasteiger charge is 2.31. The van der Waals surface area contributed by atoms with Crippen LogP contribution in [0, 0.1) is 0 Å².